The third-order valence-corrected chi connectivity index (χ3v) is 7.09. The van der Waals surface area contributed by atoms with Crippen molar-refractivity contribution in [1.29, 1.82) is 0 Å². The quantitative estimate of drug-likeness (QED) is 0.277. The van der Waals surface area contributed by atoms with E-state index in [0.29, 0.717) is 5.82 Å². The Morgan fingerprint density at radius 3 is 2.11 bits per heavy atom. The molecular weight excluding hydrogens is 444 g/mol. The van der Waals surface area contributed by atoms with Gasteiger partial charge < -0.3 is 9.47 Å². The summed E-state index contributed by atoms with van der Waals surface area (Å²) >= 11 is 0. The van der Waals surface area contributed by atoms with E-state index in [2.05, 4.69) is 56.5 Å². The average Bonchev–Trinajstić information content (AvgIpc) is 3.27. The molecule has 0 saturated heterocycles. The van der Waals surface area contributed by atoms with Crippen molar-refractivity contribution in [3.05, 3.63) is 22.8 Å². The van der Waals surface area contributed by atoms with Gasteiger partial charge in [-0.05, 0) is 26.7 Å². The van der Waals surface area contributed by atoms with Gasteiger partial charge in [0, 0.05) is 17.8 Å². The molecule has 0 aliphatic rings. The van der Waals surface area contributed by atoms with Crippen molar-refractivity contribution < 1.29 is 19.1 Å². The highest BCUT2D eigenvalue weighted by atomic mass is 16.6. The van der Waals surface area contributed by atoms with Gasteiger partial charge in [0.2, 0.25) is 5.88 Å². The molecule has 196 valence electrons. The van der Waals surface area contributed by atoms with Crippen molar-refractivity contribution in [1.82, 2.24) is 14.6 Å². The molecule has 35 heavy (non-hydrogen) atoms. The number of hydrogen-bond acceptors (Lipinski definition) is 5. The minimum atomic E-state index is -0.831. The van der Waals surface area contributed by atoms with Gasteiger partial charge in [0.05, 0.1) is 6.57 Å². The first-order valence-corrected chi connectivity index (χ1v) is 12.7. The second-order valence-corrected chi connectivity index (χ2v) is 10.2. The molecule has 0 spiro atoms. The molecule has 2 heterocycles. The number of esters is 2. The second kappa shape index (κ2) is 11.7. The Labute approximate surface area is 210 Å². The Bertz CT molecular complexity index is 1070. The van der Waals surface area contributed by atoms with E-state index in [-0.39, 0.29) is 33.6 Å². The number of H-pyrrole nitrogens is 1. The first-order valence-electron chi connectivity index (χ1n) is 12.7. The van der Waals surface area contributed by atoms with Crippen LogP contribution in [-0.4, -0.2) is 32.1 Å². The fourth-order valence-corrected chi connectivity index (χ4v) is 4.75. The van der Waals surface area contributed by atoms with Crippen LogP contribution in [-0.2, 0) is 9.53 Å². The minimum Gasteiger partial charge on any atom is -0.455 e. The van der Waals surface area contributed by atoms with Crippen LogP contribution in [0.5, 0.6) is 5.88 Å². The number of aryl methyl sites for hydroxylation is 1. The van der Waals surface area contributed by atoms with Gasteiger partial charge in [-0.25, -0.2) is 19.1 Å². The maximum Gasteiger partial charge on any atom is 0.332 e. The number of carbonyl (C=O) groups is 2. The molecule has 1 atom stereocenters. The number of hydrogen-bond donors (Lipinski definition) is 1. The van der Waals surface area contributed by atoms with Gasteiger partial charge in [0.25, 0.3) is 5.69 Å². The Balaban J connectivity index is 0.00000298. The van der Waals surface area contributed by atoms with Gasteiger partial charge in [-0.3, -0.25) is 9.89 Å². The monoisotopic (exact) mass is 488 g/mol. The summed E-state index contributed by atoms with van der Waals surface area (Å²) in [4.78, 5) is 33.3. The highest BCUT2D eigenvalue weighted by Gasteiger charge is 2.54. The summed E-state index contributed by atoms with van der Waals surface area (Å²) in [5.41, 5.74) is -1.35. The van der Waals surface area contributed by atoms with Crippen LogP contribution >= 0.6 is 0 Å². The Morgan fingerprint density at radius 1 is 1.06 bits per heavy atom. The highest BCUT2D eigenvalue weighted by Crippen LogP contribution is 2.52. The highest BCUT2D eigenvalue weighted by molar-refractivity contribution is 6.05. The lowest BCUT2D eigenvalue weighted by Crippen LogP contribution is -2.56. The number of unbranched alkanes of at least 4 members (excludes halogenated alkanes) is 1. The molecule has 1 N–H and O–H groups in total. The summed E-state index contributed by atoms with van der Waals surface area (Å²) in [5.74, 6) is -0.776. The van der Waals surface area contributed by atoms with Crippen LogP contribution in [0.3, 0.4) is 0 Å². The first-order chi connectivity index (χ1) is 16.3. The van der Waals surface area contributed by atoms with Crippen molar-refractivity contribution in [2.45, 2.75) is 114 Å². The predicted molar refractivity (Wildman–Crippen MR) is 139 cm³/mol. The summed E-state index contributed by atoms with van der Waals surface area (Å²) in [5, 5.41) is 2.93. The van der Waals surface area contributed by atoms with Crippen molar-refractivity contribution in [3.63, 3.8) is 0 Å². The van der Waals surface area contributed by atoms with E-state index >= 15 is 0 Å². The summed E-state index contributed by atoms with van der Waals surface area (Å²) in [6, 6.07) is 0. The molecule has 0 aliphatic carbocycles. The number of nitrogens with one attached hydrogen (secondary N) is 1. The van der Waals surface area contributed by atoms with Gasteiger partial charge in [0.1, 0.15) is 17.0 Å². The van der Waals surface area contributed by atoms with Crippen molar-refractivity contribution in [3.8, 4) is 5.88 Å². The number of rotatable bonds is 10. The largest absolute Gasteiger partial charge is 0.455 e. The standard InChI is InChI=1S/C25H38N4O4.C2H6/c1-11-13-15-24(7,8)25(9,23(5,6)14-12-2)33-22(31)18-19(26-10)21(32-17(4)30)29-20(18)27-16(3)28-29;1-2/h11-15H2,1-9H3,(H,27,28);1-2H3. The van der Waals surface area contributed by atoms with Crippen LogP contribution in [0.25, 0.3) is 10.5 Å². The number of carbonyl (C=O) groups excluding carboxylic acids is 2. The van der Waals surface area contributed by atoms with E-state index in [1.807, 2.05) is 20.8 Å². The van der Waals surface area contributed by atoms with Crippen LogP contribution < -0.4 is 4.74 Å². The Morgan fingerprint density at radius 2 is 1.63 bits per heavy atom. The lowest BCUT2D eigenvalue weighted by atomic mass is 9.58. The Hall–Kier alpha value is -2.82. The summed E-state index contributed by atoms with van der Waals surface area (Å²) in [7, 11) is 0. The molecule has 2 rings (SSSR count). The SMILES string of the molecule is CC.[C-]#[N+]c1c(C(=O)OC(C)(C(C)(C)CCC)C(C)(C)CCCC)c2nc(C)[nH]n2c1OC(C)=O. The van der Waals surface area contributed by atoms with Gasteiger partial charge in [0.15, 0.2) is 5.65 Å². The van der Waals surface area contributed by atoms with E-state index in [4.69, 9.17) is 16.0 Å². The number of aromatic amines is 1. The van der Waals surface area contributed by atoms with Crippen LogP contribution in [0.15, 0.2) is 0 Å². The molecule has 8 heteroatoms. The summed E-state index contributed by atoms with van der Waals surface area (Å²) in [6.07, 6.45) is 4.76. The van der Waals surface area contributed by atoms with Gasteiger partial charge in [-0.1, -0.05) is 74.7 Å². The number of ether oxygens (including phenoxy) is 2. The number of nitrogens with zero attached hydrogens (tertiary/aromatic N) is 3. The molecule has 0 radical (unpaired) electrons. The van der Waals surface area contributed by atoms with E-state index in [0.717, 1.165) is 32.1 Å². The van der Waals surface area contributed by atoms with Crippen LogP contribution in [0.1, 0.15) is 118 Å². The smallest absolute Gasteiger partial charge is 0.332 e. The number of fused-ring (bicyclic) bond motifs is 1. The molecule has 0 amide bonds. The van der Waals surface area contributed by atoms with E-state index in [9.17, 15) is 9.59 Å². The maximum absolute atomic E-state index is 13.8. The zero-order chi connectivity index (χ0) is 27.2. The predicted octanol–water partition coefficient (Wildman–Crippen LogP) is 7.43. The van der Waals surface area contributed by atoms with E-state index in [1.165, 1.54) is 11.4 Å². The zero-order valence-electron chi connectivity index (χ0n) is 23.5. The molecular formula is C27H44N4O4. The molecule has 0 saturated carbocycles. The lowest BCUT2D eigenvalue weighted by molar-refractivity contribution is -0.149. The third-order valence-electron chi connectivity index (χ3n) is 7.09. The number of aromatic nitrogens is 3. The minimum absolute atomic E-state index is 0.00964. The second-order valence-electron chi connectivity index (χ2n) is 10.2. The molecule has 0 aromatic carbocycles. The average molecular weight is 489 g/mol. The maximum atomic E-state index is 13.8. The summed E-state index contributed by atoms with van der Waals surface area (Å²) in [6.45, 7) is 29.5. The topological polar surface area (TPSA) is 90.1 Å². The van der Waals surface area contributed by atoms with Gasteiger partial charge >= 0.3 is 11.9 Å². The molecule has 0 fully saturated rings. The lowest BCUT2D eigenvalue weighted by Gasteiger charge is -2.53. The third kappa shape index (κ3) is 5.88. The fourth-order valence-electron chi connectivity index (χ4n) is 4.75. The molecule has 0 bridgehead atoms. The first kappa shape index (κ1) is 30.2. The van der Waals surface area contributed by atoms with Crippen LogP contribution in [0, 0.1) is 24.3 Å². The molecule has 2 aromatic heterocycles. The van der Waals surface area contributed by atoms with Crippen LogP contribution in [0.2, 0.25) is 0 Å². The van der Waals surface area contributed by atoms with Gasteiger partial charge in [-0.2, -0.15) is 0 Å². The van der Waals surface area contributed by atoms with Crippen molar-refractivity contribution in [2.24, 2.45) is 10.8 Å². The zero-order valence-corrected chi connectivity index (χ0v) is 23.5. The van der Waals surface area contributed by atoms with Gasteiger partial charge in [-0.15, -0.1) is 0 Å². The van der Waals surface area contributed by atoms with E-state index in [1.54, 1.807) is 6.92 Å². The Kier molecular flexibility index (Phi) is 10.1. The van der Waals surface area contributed by atoms with Crippen molar-refractivity contribution in [2.75, 3.05) is 0 Å². The fraction of sp³-hybridized carbons (Fsp3) is 0.704. The van der Waals surface area contributed by atoms with E-state index < -0.39 is 17.5 Å². The molecule has 0 aliphatic heterocycles. The summed E-state index contributed by atoms with van der Waals surface area (Å²) < 4.78 is 13.0. The molecule has 2 aromatic rings. The van der Waals surface area contributed by atoms with Crippen molar-refractivity contribution >= 4 is 23.3 Å². The normalized spacial score (nSPS) is 13.4. The van der Waals surface area contributed by atoms with Crippen LogP contribution in [0.4, 0.5) is 5.69 Å². The molecule has 8 nitrogen and oxygen atoms in total. The molecule has 1 unspecified atom stereocenters.